The molecule has 0 spiro atoms. The maximum atomic E-state index is 12.2. The summed E-state index contributed by atoms with van der Waals surface area (Å²) in [5.41, 5.74) is 5.49. The van der Waals surface area contributed by atoms with Crippen molar-refractivity contribution in [3.05, 3.63) is 0 Å². The third-order valence-corrected chi connectivity index (χ3v) is 4.34. The predicted octanol–water partition coefficient (Wildman–Crippen LogP) is 1.79. The first-order valence-corrected chi connectivity index (χ1v) is 7.86. The highest BCUT2D eigenvalue weighted by Crippen LogP contribution is 2.26. The minimum atomic E-state index is -0.0717. The Balaban J connectivity index is 2.33. The number of carbonyl (C=O) groups excluding carboxylic acids is 1. The van der Waals surface area contributed by atoms with Crippen LogP contribution in [-0.4, -0.2) is 31.6 Å². The van der Waals surface area contributed by atoms with Crippen molar-refractivity contribution in [1.82, 2.24) is 10.6 Å². The van der Waals surface area contributed by atoms with E-state index >= 15 is 0 Å². The van der Waals surface area contributed by atoms with Gasteiger partial charge < -0.3 is 16.4 Å². The van der Waals surface area contributed by atoms with Gasteiger partial charge in [0.05, 0.1) is 6.04 Å². The molecular formula is C15H31N3O. The fourth-order valence-corrected chi connectivity index (χ4v) is 2.98. The van der Waals surface area contributed by atoms with Crippen LogP contribution in [0.15, 0.2) is 0 Å². The SMILES string of the molecule is CNC(CCCCN)C(=O)NC(C)C1CCCCC1. The molecular weight excluding hydrogens is 238 g/mol. The minimum Gasteiger partial charge on any atom is -0.352 e. The largest absolute Gasteiger partial charge is 0.352 e. The molecule has 0 heterocycles. The average molecular weight is 269 g/mol. The van der Waals surface area contributed by atoms with Gasteiger partial charge in [-0.05, 0) is 52.1 Å². The zero-order valence-corrected chi connectivity index (χ0v) is 12.6. The fourth-order valence-electron chi connectivity index (χ4n) is 2.98. The summed E-state index contributed by atoms with van der Waals surface area (Å²) >= 11 is 0. The second-order valence-corrected chi connectivity index (χ2v) is 5.82. The quantitative estimate of drug-likeness (QED) is 0.589. The van der Waals surface area contributed by atoms with Crippen molar-refractivity contribution in [3.8, 4) is 0 Å². The molecule has 0 aromatic carbocycles. The Morgan fingerprint density at radius 1 is 1.26 bits per heavy atom. The van der Waals surface area contributed by atoms with Crippen molar-refractivity contribution < 1.29 is 4.79 Å². The number of rotatable bonds is 8. The van der Waals surface area contributed by atoms with Crippen LogP contribution in [0.25, 0.3) is 0 Å². The molecule has 4 heteroatoms. The molecule has 2 atom stereocenters. The smallest absolute Gasteiger partial charge is 0.237 e. The summed E-state index contributed by atoms with van der Waals surface area (Å²) in [7, 11) is 1.86. The van der Waals surface area contributed by atoms with Gasteiger partial charge in [0, 0.05) is 6.04 Å². The second kappa shape index (κ2) is 9.32. The molecule has 1 aliphatic rings. The summed E-state index contributed by atoms with van der Waals surface area (Å²) in [4.78, 5) is 12.2. The Morgan fingerprint density at radius 3 is 2.53 bits per heavy atom. The van der Waals surface area contributed by atoms with Gasteiger partial charge in [0.1, 0.15) is 0 Å². The lowest BCUT2D eigenvalue weighted by Crippen LogP contribution is -2.48. The summed E-state index contributed by atoms with van der Waals surface area (Å²) in [5.74, 6) is 0.817. The van der Waals surface area contributed by atoms with Gasteiger partial charge in [-0.15, -0.1) is 0 Å². The summed E-state index contributed by atoms with van der Waals surface area (Å²) in [6.45, 7) is 2.86. The average Bonchev–Trinajstić information content (AvgIpc) is 2.44. The van der Waals surface area contributed by atoms with E-state index < -0.39 is 0 Å². The number of amides is 1. The monoisotopic (exact) mass is 269 g/mol. The first-order chi connectivity index (χ1) is 9.19. The molecule has 1 amide bonds. The van der Waals surface area contributed by atoms with Crippen molar-refractivity contribution >= 4 is 5.91 Å². The molecule has 1 aliphatic carbocycles. The fraction of sp³-hybridized carbons (Fsp3) is 0.933. The van der Waals surface area contributed by atoms with E-state index in [-0.39, 0.29) is 11.9 Å². The van der Waals surface area contributed by atoms with Gasteiger partial charge in [0.2, 0.25) is 5.91 Å². The molecule has 1 fully saturated rings. The molecule has 0 aromatic rings. The van der Waals surface area contributed by atoms with Crippen LogP contribution < -0.4 is 16.4 Å². The number of hydrogen-bond acceptors (Lipinski definition) is 3. The van der Waals surface area contributed by atoms with E-state index in [1.807, 2.05) is 7.05 Å². The highest BCUT2D eigenvalue weighted by Gasteiger charge is 2.24. The van der Waals surface area contributed by atoms with Crippen LogP contribution in [0.1, 0.15) is 58.3 Å². The lowest BCUT2D eigenvalue weighted by Gasteiger charge is -2.29. The highest BCUT2D eigenvalue weighted by molar-refractivity contribution is 5.81. The molecule has 19 heavy (non-hydrogen) atoms. The first kappa shape index (κ1) is 16.4. The summed E-state index contributed by atoms with van der Waals surface area (Å²) in [5, 5.41) is 6.31. The Kier molecular flexibility index (Phi) is 8.07. The van der Waals surface area contributed by atoms with Gasteiger partial charge in [-0.1, -0.05) is 25.7 Å². The van der Waals surface area contributed by atoms with Crippen LogP contribution >= 0.6 is 0 Å². The van der Waals surface area contributed by atoms with Crippen LogP contribution in [0.4, 0.5) is 0 Å². The Labute approximate surface area is 117 Å². The first-order valence-electron chi connectivity index (χ1n) is 7.86. The number of likely N-dealkylation sites (N-methyl/N-ethyl adjacent to an activating group) is 1. The van der Waals surface area contributed by atoms with Gasteiger partial charge >= 0.3 is 0 Å². The van der Waals surface area contributed by atoms with Crippen molar-refractivity contribution in [2.75, 3.05) is 13.6 Å². The number of carbonyl (C=O) groups is 1. The topological polar surface area (TPSA) is 67.1 Å². The molecule has 0 saturated heterocycles. The van der Waals surface area contributed by atoms with Crippen molar-refractivity contribution in [2.24, 2.45) is 11.7 Å². The third kappa shape index (κ3) is 5.91. The Bertz CT molecular complexity index is 252. The van der Waals surface area contributed by atoms with Crippen molar-refractivity contribution in [2.45, 2.75) is 70.4 Å². The molecule has 1 saturated carbocycles. The molecule has 112 valence electrons. The molecule has 0 radical (unpaired) electrons. The van der Waals surface area contributed by atoms with Crippen molar-refractivity contribution in [3.63, 3.8) is 0 Å². The molecule has 2 unspecified atom stereocenters. The van der Waals surface area contributed by atoms with E-state index in [1.54, 1.807) is 0 Å². The van der Waals surface area contributed by atoms with Gasteiger partial charge in [-0.3, -0.25) is 4.79 Å². The van der Waals surface area contributed by atoms with Crippen LogP contribution in [-0.2, 0) is 4.79 Å². The summed E-state index contributed by atoms with van der Waals surface area (Å²) < 4.78 is 0. The molecule has 4 nitrogen and oxygen atoms in total. The molecule has 0 aromatic heterocycles. The molecule has 1 rings (SSSR count). The van der Waals surface area contributed by atoms with Crippen LogP contribution in [0.3, 0.4) is 0 Å². The van der Waals surface area contributed by atoms with Crippen molar-refractivity contribution in [1.29, 1.82) is 0 Å². The van der Waals surface area contributed by atoms with E-state index in [1.165, 1.54) is 32.1 Å². The third-order valence-electron chi connectivity index (χ3n) is 4.34. The van der Waals surface area contributed by atoms with E-state index in [9.17, 15) is 4.79 Å². The van der Waals surface area contributed by atoms with E-state index in [0.29, 0.717) is 18.5 Å². The van der Waals surface area contributed by atoms with Crippen LogP contribution in [0.5, 0.6) is 0 Å². The molecule has 0 aliphatic heterocycles. The predicted molar refractivity (Wildman–Crippen MR) is 79.9 cm³/mol. The van der Waals surface area contributed by atoms with Gasteiger partial charge in [-0.25, -0.2) is 0 Å². The Hall–Kier alpha value is -0.610. The maximum Gasteiger partial charge on any atom is 0.237 e. The van der Waals surface area contributed by atoms with Crippen LogP contribution in [0.2, 0.25) is 0 Å². The lowest BCUT2D eigenvalue weighted by molar-refractivity contribution is -0.124. The number of hydrogen-bond donors (Lipinski definition) is 3. The number of unbranched alkanes of at least 4 members (excludes halogenated alkanes) is 1. The van der Waals surface area contributed by atoms with E-state index in [0.717, 1.165) is 19.3 Å². The molecule has 4 N–H and O–H groups in total. The van der Waals surface area contributed by atoms with E-state index in [2.05, 4.69) is 17.6 Å². The zero-order chi connectivity index (χ0) is 14.1. The minimum absolute atomic E-state index is 0.0717. The maximum absolute atomic E-state index is 12.2. The van der Waals surface area contributed by atoms with E-state index in [4.69, 9.17) is 5.73 Å². The normalized spacial score (nSPS) is 19.9. The van der Waals surface area contributed by atoms with Gasteiger partial charge in [0.15, 0.2) is 0 Å². The second-order valence-electron chi connectivity index (χ2n) is 5.82. The highest BCUT2D eigenvalue weighted by atomic mass is 16.2. The standard InChI is InChI=1S/C15H31N3O/c1-12(13-8-4-3-5-9-13)18-15(19)14(17-2)10-6-7-11-16/h12-14,17H,3-11,16H2,1-2H3,(H,18,19). The lowest BCUT2D eigenvalue weighted by atomic mass is 9.84. The van der Waals surface area contributed by atoms with Gasteiger partial charge in [-0.2, -0.15) is 0 Å². The summed E-state index contributed by atoms with van der Waals surface area (Å²) in [6.07, 6.45) is 9.38. The number of nitrogens with two attached hydrogens (primary N) is 1. The number of nitrogens with one attached hydrogen (secondary N) is 2. The van der Waals surface area contributed by atoms with Crippen LogP contribution in [0, 0.1) is 5.92 Å². The zero-order valence-electron chi connectivity index (χ0n) is 12.6. The van der Waals surface area contributed by atoms with Gasteiger partial charge in [0.25, 0.3) is 0 Å². The summed E-state index contributed by atoms with van der Waals surface area (Å²) in [6, 6.07) is 0.232. The molecule has 0 bridgehead atoms. The Morgan fingerprint density at radius 2 is 1.95 bits per heavy atom.